The third-order valence-electron chi connectivity index (χ3n) is 7.06. The number of ether oxygens (including phenoxy) is 4. The summed E-state index contributed by atoms with van der Waals surface area (Å²) in [6, 6.07) is 15.1. The number of unbranched alkanes of at least 4 members (excludes halogenated alkanes) is 2. The predicted octanol–water partition coefficient (Wildman–Crippen LogP) is 8.94. The molecule has 0 aliphatic carbocycles. The summed E-state index contributed by atoms with van der Waals surface area (Å²) in [4.78, 5) is 23.4. The van der Waals surface area contributed by atoms with Crippen molar-refractivity contribution in [1.29, 1.82) is 0 Å². The van der Waals surface area contributed by atoms with E-state index in [9.17, 15) is 9.59 Å². The zero-order chi connectivity index (χ0) is 31.0. The number of esters is 2. The van der Waals surface area contributed by atoms with Crippen LogP contribution in [-0.2, 0) is 19.1 Å². The Morgan fingerprint density at radius 3 is 1.26 bits per heavy atom. The molecule has 2 atom stereocenters. The zero-order valence-corrected chi connectivity index (χ0v) is 26.6. The van der Waals surface area contributed by atoms with Gasteiger partial charge >= 0.3 is 11.9 Å². The van der Waals surface area contributed by atoms with Gasteiger partial charge in [0.1, 0.15) is 11.5 Å². The van der Waals surface area contributed by atoms with E-state index in [1.807, 2.05) is 48.5 Å². The van der Waals surface area contributed by atoms with Gasteiger partial charge in [-0.05, 0) is 72.2 Å². The highest BCUT2D eigenvalue weighted by Crippen LogP contribution is 2.16. The number of carbonyl (C=O) groups excluding carboxylic acids is 2. The minimum Gasteiger partial charge on any atom is -0.497 e. The Balaban J connectivity index is 0.000000420. The van der Waals surface area contributed by atoms with E-state index in [1.54, 1.807) is 26.4 Å². The van der Waals surface area contributed by atoms with Crippen molar-refractivity contribution in [2.24, 2.45) is 11.8 Å². The summed E-state index contributed by atoms with van der Waals surface area (Å²) >= 11 is 0. The molecule has 2 aromatic carbocycles. The lowest BCUT2D eigenvalue weighted by molar-refractivity contribution is -0.140. The molecule has 0 spiro atoms. The van der Waals surface area contributed by atoms with Gasteiger partial charge in [0.2, 0.25) is 0 Å². The topological polar surface area (TPSA) is 71.1 Å². The Morgan fingerprint density at radius 1 is 0.619 bits per heavy atom. The monoisotopic (exact) mass is 580 g/mol. The third kappa shape index (κ3) is 16.7. The van der Waals surface area contributed by atoms with Gasteiger partial charge in [-0.15, -0.1) is 0 Å². The quantitative estimate of drug-likeness (QED) is 0.129. The lowest BCUT2D eigenvalue weighted by Crippen LogP contribution is -2.12. The first kappa shape index (κ1) is 36.5. The van der Waals surface area contributed by atoms with Gasteiger partial charge in [0.25, 0.3) is 0 Å². The molecule has 0 radical (unpaired) electrons. The Hall–Kier alpha value is -3.54. The van der Waals surface area contributed by atoms with E-state index in [1.165, 1.54) is 37.8 Å². The average molecular weight is 581 g/mol. The molecule has 0 aromatic heterocycles. The maximum atomic E-state index is 11.7. The molecule has 0 saturated carbocycles. The van der Waals surface area contributed by atoms with Gasteiger partial charge in [-0.2, -0.15) is 0 Å². The van der Waals surface area contributed by atoms with Gasteiger partial charge in [-0.25, -0.2) is 9.59 Å². The summed E-state index contributed by atoms with van der Waals surface area (Å²) in [5.74, 6) is 2.00. The molecule has 6 nitrogen and oxygen atoms in total. The molecular formula is C36H52O6. The number of benzene rings is 2. The van der Waals surface area contributed by atoms with Crippen LogP contribution in [0.2, 0.25) is 0 Å². The second-order valence-corrected chi connectivity index (χ2v) is 10.3. The predicted molar refractivity (Wildman–Crippen MR) is 173 cm³/mol. The fourth-order valence-electron chi connectivity index (χ4n) is 4.05. The van der Waals surface area contributed by atoms with E-state index in [4.69, 9.17) is 18.9 Å². The third-order valence-corrected chi connectivity index (χ3v) is 7.06. The molecule has 232 valence electrons. The van der Waals surface area contributed by atoms with Gasteiger partial charge in [-0.3, -0.25) is 0 Å². The fraction of sp³-hybridized carbons (Fsp3) is 0.500. The molecule has 0 amide bonds. The van der Waals surface area contributed by atoms with E-state index in [-0.39, 0.29) is 11.9 Å². The Kier molecular flexibility index (Phi) is 20.0. The van der Waals surface area contributed by atoms with Gasteiger partial charge in [0.15, 0.2) is 0 Å². The molecule has 0 saturated heterocycles. The van der Waals surface area contributed by atoms with E-state index in [0.717, 1.165) is 48.3 Å². The largest absolute Gasteiger partial charge is 0.497 e. The van der Waals surface area contributed by atoms with Crippen LogP contribution in [-0.4, -0.2) is 39.4 Å². The minimum absolute atomic E-state index is 0.277. The zero-order valence-electron chi connectivity index (χ0n) is 26.6. The van der Waals surface area contributed by atoms with Crippen LogP contribution in [0.4, 0.5) is 0 Å². The lowest BCUT2D eigenvalue weighted by atomic mass is 10.0. The molecule has 6 heteroatoms. The Bertz CT molecular complexity index is 954. The van der Waals surface area contributed by atoms with Crippen LogP contribution in [0.15, 0.2) is 60.7 Å². The van der Waals surface area contributed by atoms with Crippen molar-refractivity contribution in [2.45, 2.75) is 79.1 Å². The number of hydrogen-bond acceptors (Lipinski definition) is 6. The molecule has 2 aromatic rings. The second-order valence-electron chi connectivity index (χ2n) is 10.3. The van der Waals surface area contributed by atoms with Crippen molar-refractivity contribution in [1.82, 2.24) is 0 Å². The molecule has 2 unspecified atom stereocenters. The molecule has 0 heterocycles. The molecule has 0 aliphatic heterocycles. The first-order chi connectivity index (χ1) is 20.4. The number of rotatable bonds is 18. The highest BCUT2D eigenvalue weighted by molar-refractivity contribution is 5.87. The first-order valence-corrected chi connectivity index (χ1v) is 15.4. The Morgan fingerprint density at radius 2 is 0.976 bits per heavy atom. The number of hydrogen-bond donors (Lipinski definition) is 0. The van der Waals surface area contributed by atoms with Crippen LogP contribution in [0.25, 0.3) is 12.2 Å². The fourth-order valence-corrected chi connectivity index (χ4v) is 4.05. The summed E-state index contributed by atoms with van der Waals surface area (Å²) in [5, 5.41) is 0. The van der Waals surface area contributed by atoms with Gasteiger partial charge in [0.05, 0.1) is 27.4 Å². The van der Waals surface area contributed by atoms with Crippen molar-refractivity contribution in [2.75, 3.05) is 27.4 Å². The molecular weight excluding hydrogens is 528 g/mol. The van der Waals surface area contributed by atoms with Crippen LogP contribution in [0.1, 0.15) is 90.2 Å². The van der Waals surface area contributed by atoms with Crippen LogP contribution in [0.3, 0.4) is 0 Å². The summed E-state index contributed by atoms with van der Waals surface area (Å²) < 4.78 is 20.8. The smallest absolute Gasteiger partial charge is 0.330 e. The van der Waals surface area contributed by atoms with E-state index in [2.05, 4.69) is 27.7 Å². The maximum absolute atomic E-state index is 11.7. The molecule has 0 aliphatic rings. The second kappa shape index (κ2) is 23.1. The maximum Gasteiger partial charge on any atom is 0.330 e. The normalized spacial score (nSPS) is 12.3. The average Bonchev–Trinajstić information content (AvgIpc) is 3.03. The molecule has 0 fully saturated rings. The SMILES string of the molecule is CCCCC(CC)COC(=O)C=Cc1ccc(OC)cc1.CCCCC(CC)COC(=O)C=Cc1ccc(OC)cc1. The summed E-state index contributed by atoms with van der Waals surface area (Å²) in [6.45, 7) is 9.67. The van der Waals surface area contributed by atoms with Gasteiger partial charge in [0, 0.05) is 12.2 Å². The van der Waals surface area contributed by atoms with Crippen molar-refractivity contribution in [3.8, 4) is 11.5 Å². The van der Waals surface area contributed by atoms with Crippen molar-refractivity contribution in [3.05, 3.63) is 71.8 Å². The number of carbonyl (C=O) groups is 2. The summed E-state index contributed by atoms with van der Waals surface area (Å²) in [6.07, 6.45) is 15.6. The molecule has 0 bridgehead atoms. The van der Waals surface area contributed by atoms with Crippen LogP contribution in [0.5, 0.6) is 11.5 Å². The van der Waals surface area contributed by atoms with Crippen LogP contribution >= 0.6 is 0 Å². The van der Waals surface area contributed by atoms with Crippen molar-refractivity contribution < 1.29 is 28.5 Å². The summed E-state index contributed by atoms with van der Waals surface area (Å²) in [5.41, 5.74) is 1.90. The van der Waals surface area contributed by atoms with E-state index >= 15 is 0 Å². The van der Waals surface area contributed by atoms with Crippen molar-refractivity contribution >= 4 is 24.1 Å². The lowest BCUT2D eigenvalue weighted by Gasteiger charge is -2.13. The van der Waals surface area contributed by atoms with Gasteiger partial charge < -0.3 is 18.9 Å². The molecule has 2 rings (SSSR count). The minimum atomic E-state index is -0.277. The van der Waals surface area contributed by atoms with E-state index < -0.39 is 0 Å². The standard InChI is InChI=1S/2C18H26O3/c2*1-4-6-7-15(5-2)14-21-18(19)13-10-16-8-11-17(20-3)12-9-16/h2*8-13,15H,4-7,14H2,1-3H3. The first-order valence-electron chi connectivity index (χ1n) is 15.4. The Labute approximate surface area is 254 Å². The molecule has 42 heavy (non-hydrogen) atoms. The summed E-state index contributed by atoms with van der Waals surface area (Å²) in [7, 11) is 3.26. The van der Waals surface area contributed by atoms with Gasteiger partial charge in [-0.1, -0.05) is 90.5 Å². The highest BCUT2D eigenvalue weighted by Gasteiger charge is 2.09. The van der Waals surface area contributed by atoms with Crippen molar-refractivity contribution in [3.63, 3.8) is 0 Å². The van der Waals surface area contributed by atoms with Crippen LogP contribution < -0.4 is 9.47 Å². The van der Waals surface area contributed by atoms with Crippen LogP contribution in [0, 0.1) is 11.8 Å². The van der Waals surface area contributed by atoms with E-state index in [0.29, 0.717) is 25.0 Å². The molecule has 0 N–H and O–H groups in total. The number of methoxy groups -OCH3 is 2. The highest BCUT2D eigenvalue weighted by atomic mass is 16.5.